The van der Waals surface area contributed by atoms with E-state index in [-0.39, 0.29) is 24.9 Å². The molecule has 0 rings (SSSR count). The number of rotatable bonds is 56. The van der Waals surface area contributed by atoms with E-state index in [1.165, 1.54) is 128 Å². The number of nitrogens with zero attached hydrogens (tertiary/aromatic N) is 1. The smallest absolute Gasteiger partial charge is 0.306 e. The van der Waals surface area contributed by atoms with Gasteiger partial charge in [0.1, 0.15) is 19.3 Å². The van der Waals surface area contributed by atoms with Gasteiger partial charge < -0.3 is 28.5 Å². The maximum atomic E-state index is 13.5. The molecule has 0 aliphatic rings. The molecule has 0 fully saturated rings. The van der Waals surface area contributed by atoms with Crippen molar-refractivity contribution in [1.82, 2.24) is 5.32 Å². The molecule has 0 radical (unpaired) electrons. The van der Waals surface area contributed by atoms with E-state index < -0.39 is 26.6 Å². The van der Waals surface area contributed by atoms with Gasteiger partial charge in [-0.1, -0.05) is 235 Å². The van der Waals surface area contributed by atoms with E-state index in [9.17, 15) is 19.0 Å². The summed E-state index contributed by atoms with van der Waals surface area (Å²) in [5.74, 6) is -0.575. The number of hydrogen-bond acceptors (Lipinski definition) is 7. The summed E-state index contributed by atoms with van der Waals surface area (Å²) >= 11 is 0. The minimum Gasteiger partial charge on any atom is -0.756 e. The summed E-state index contributed by atoms with van der Waals surface area (Å²) in [5.41, 5.74) is 0. The summed E-state index contributed by atoms with van der Waals surface area (Å²) in [4.78, 5) is 40.0. The molecule has 0 heterocycles. The molecule has 1 N–H and O–H groups in total. The predicted molar refractivity (Wildman–Crippen MR) is 325 cm³/mol. The van der Waals surface area contributed by atoms with Crippen LogP contribution in [-0.4, -0.2) is 69.4 Å². The highest BCUT2D eigenvalue weighted by Crippen LogP contribution is 2.38. The largest absolute Gasteiger partial charge is 0.756 e. The second kappa shape index (κ2) is 55.5. The van der Waals surface area contributed by atoms with Crippen LogP contribution in [0.25, 0.3) is 0 Å². The number of phosphoric acid groups is 1. The third kappa shape index (κ3) is 55.9. The third-order valence-corrected chi connectivity index (χ3v) is 14.5. The maximum Gasteiger partial charge on any atom is 0.306 e. The number of carbonyl (C=O) groups excluding carboxylic acids is 2. The molecule has 0 bridgehead atoms. The summed E-state index contributed by atoms with van der Waals surface area (Å²) in [5, 5.41) is 3.02. The second-order valence-corrected chi connectivity index (χ2v) is 23.6. The Bertz CT molecular complexity index is 1580. The van der Waals surface area contributed by atoms with Gasteiger partial charge in [-0.15, -0.1) is 0 Å². The van der Waals surface area contributed by atoms with Gasteiger partial charge >= 0.3 is 5.97 Å². The van der Waals surface area contributed by atoms with Gasteiger partial charge in [0, 0.05) is 12.8 Å². The predicted octanol–water partition coefficient (Wildman–Crippen LogP) is 18.8. The fourth-order valence-electron chi connectivity index (χ4n) is 8.65. The highest BCUT2D eigenvalue weighted by Gasteiger charge is 2.27. The molecule has 0 aliphatic carbocycles. The Balaban J connectivity index is 5.29. The molecule has 0 aliphatic heterocycles. The van der Waals surface area contributed by atoms with Crippen LogP contribution >= 0.6 is 7.82 Å². The van der Waals surface area contributed by atoms with Crippen molar-refractivity contribution in [3.05, 3.63) is 85.1 Å². The van der Waals surface area contributed by atoms with Crippen molar-refractivity contribution >= 4 is 19.7 Å². The number of unbranched alkanes of at least 4 members (excludes halogenated alkanes) is 28. The number of allylic oxidation sites excluding steroid dienone is 13. The van der Waals surface area contributed by atoms with Crippen LogP contribution in [0.4, 0.5) is 0 Å². The van der Waals surface area contributed by atoms with E-state index >= 15 is 0 Å². The van der Waals surface area contributed by atoms with Gasteiger partial charge in [0.15, 0.2) is 0 Å². The molecule has 0 aromatic rings. The normalized spacial score (nSPS) is 14.2. The lowest BCUT2D eigenvalue weighted by atomic mass is 10.0. The van der Waals surface area contributed by atoms with Gasteiger partial charge in [-0.25, -0.2) is 0 Å². The molecule has 9 nitrogen and oxygen atoms in total. The topological polar surface area (TPSA) is 114 Å². The molecule has 3 atom stereocenters. The average molecular weight is 1080 g/mol. The van der Waals surface area contributed by atoms with Crippen LogP contribution in [0.1, 0.15) is 271 Å². The maximum absolute atomic E-state index is 13.5. The van der Waals surface area contributed by atoms with Gasteiger partial charge in [-0.2, -0.15) is 0 Å². The number of amides is 1. The molecule has 76 heavy (non-hydrogen) atoms. The van der Waals surface area contributed by atoms with Crippen LogP contribution in [0.3, 0.4) is 0 Å². The Kier molecular flexibility index (Phi) is 53.5. The Morgan fingerprint density at radius 2 is 0.803 bits per heavy atom. The van der Waals surface area contributed by atoms with E-state index in [2.05, 4.69) is 99.0 Å². The molecule has 0 spiro atoms. The van der Waals surface area contributed by atoms with Crippen molar-refractivity contribution in [2.24, 2.45) is 0 Å². The molecule has 3 unspecified atom stereocenters. The van der Waals surface area contributed by atoms with Crippen molar-refractivity contribution in [2.45, 2.75) is 283 Å². The Hall–Kier alpha value is -2.81. The van der Waals surface area contributed by atoms with Crippen molar-refractivity contribution < 1.29 is 37.3 Å². The van der Waals surface area contributed by atoms with Crippen LogP contribution in [0, 0.1) is 0 Å². The van der Waals surface area contributed by atoms with Crippen LogP contribution in [0.5, 0.6) is 0 Å². The highest BCUT2D eigenvalue weighted by atomic mass is 31.2. The van der Waals surface area contributed by atoms with E-state index in [0.29, 0.717) is 23.9 Å². The Morgan fingerprint density at radius 3 is 1.22 bits per heavy atom. The van der Waals surface area contributed by atoms with Crippen LogP contribution in [0.15, 0.2) is 85.1 Å². The first-order valence-electron chi connectivity index (χ1n) is 31.4. The van der Waals surface area contributed by atoms with Gasteiger partial charge in [0.2, 0.25) is 5.91 Å². The van der Waals surface area contributed by atoms with Gasteiger partial charge in [0.25, 0.3) is 7.82 Å². The third-order valence-electron chi connectivity index (χ3n) is 13.5. The zero-order valence-corrected chi connectivity index (χ0v) is 51.1. The average Bonchev–Trinajstić information content (AvgIpc) is 3.38. The quantitative estimate of drug-likeness (QED) is 0.0212. The van der Waals surface area contributed by atoms with E-state index in [1.54, 1.807) is 0 Å². The first-order chi connectivity index (χ1) is 36.9. The van der Waals surface area contributed by atoms with Crippen LogP contribution < -0.4 is 10.2 Å². The minimum absolute atomic E-state index is 0.0310. The van der Waals surface area contributed by atoms with Crippen molar-refractivity contribution in [3.63, 3.8) is 0 Å². The fourth-order valence-corrected chi connectivity index (χ4v) is 9.38. The number of phosphoric ester groups is 1. The second-order valence-electron chi connectivity index (χ2n) is 22.2. The summed E-state index contributed by atoms with van der Waals surface area (Å²) in [7, 11) is 1.16. The molecule has 1 amide bonds. The van der Waals surface area contributed by atoms with E-state index in [1.807, 2.05) is 33.3 Å². The number of quaternary nitrogens is 1. The number of hydrogen-bond donors (Lipinski definition) is 1. The van der Waals surface area contributed by atoms with Crippen molar-refractivity contribution in [1.29, 1.82) is 0 Å². The highest BCUT2D eigenvalue weighted by molar-refractivity contribution is 7.45. The minimum atomic E-state index is -4.71. The zero-order chi connectivity index (χ0) is 55.7. The molecule has 10 heteroatoms. The van der Waals surface area contributed by atoms with Gasteiger partial charge in [0.05, 0.1) is 33.8 Å². The number of nitrogens with one attached hydrogen (secondary N) is 1. The standard InChI is InChI=1S/C66H119N2O7P/c1-7-10-13-16-19-22-25-28-30-32-33-34-35-37-38-40-43-46-49-52-55-58-65(69)67-63(62-74-76(71,72)73-61-60-68(4,5)6)64(57-54-51-48-45-42-27-24-21-18-15-12-9-3)75-66(70)59-56-53-50-47-44-41-39-36-31-29-26-23-20-17-14-11-8-2/h19-20,22-23,28-31,33-34,39,41,54,57,63-64H,7-18,21,24-27,32,35-38,40,42-53,55-56,58-62H2,1-6H3,(H-,67,69,71,72)/b22-19-,23-20-,30-28-,31-29-,34-33-,41-39-,57-54-. The van der Waals surface area contributed by atoms with E-state index in [0.717, 1.165) is 103 Å². The lowest BCUT2D eigenvalue weighted by molar-refractivity contribution is -0.870. The lowest BCUT2D eigenvalue weighted by Crippen LogP contribution is -2.47. The fraction of sp³-hybridized carbons (Fsp3) is 0.758. The Morgan fingerprint density at radius 1 is 0.461 bits per heavy atom. The van der Waals surface area contributed by atoms with Crippen LogP contribution in [0.2, 0.25) is 0 Å². The van der Waals surface area contributed by atoms with Gasteiger partial charge in [-0.05, 0) is 109 Å². The number of carbonyl (C=O) groups is 2. The molecule has 0 aromatic carbocycles. The molecule has 440 valence electrons. The molecular formula is C66H119N2O7P. The monoisotopic (exact) mass is 1080 g/mol. The van der Waals surface area contributed by atoms with E-state index in [4.69, 9.17) is 13.8 Å². The first kappa shape index (κ1) is 73.2. The lowest BCUT2D eigenvalue weighted by Gasteiger charge is -2.30. The molecule has 0 saturated heterocycles. The Labute approximate surface area is 469 Å². The molecule has 0 aromatic heterocycles. The first-order valence-corrected chi connectivity index (χ1v) is 32.9. The summed E-state index contributed by atoms with van der Waals surface area (Å²) in [6.07, 6.45) is 72.5. The van der Waals surface area contributed by atoms with Crippen molar-refractivity contribution in [3.8, 4) is 0 Å². The summed E-state index contributed by atoms with van der Waals surface area (Å²) in [6.45, 7) is 6.77. The van der Waals surface area contributed by atoms with Crippen LogP contribution in [-0.2, 0) is 27.9 Å². The van der Waals surface area contributed by atoms with Crippen molar-refractivity contribution in [2.75, 3.05) is 40.9 Å². The SMILES string of the molecule is CCCCC/C=C\C/C=C\C/C=C\CCCCCCCCCCC(=O)NC(COP(=O)([O-])OCC[N+](C)(C)C)C(/C=C\CCCCCCCCCCCC)OC(=O)CCCCCC/C=C\C/C=C\C/C=C\CCCCC. The number of esters is 1. The zero-order valence-electron chi connectivity index (χ0n) is 50.2. The molecular weight excluding hydrogens is 964 g/mol. The summed E-state index contributed by atoms with van der Waals surface area (Å²) in [6, 6.07) is -0.906. The van der Waals surface area contributed by atoms with Gasteiger partial charge in [-0.3, -0.25) is 14.2 Å². The number of ether oxygens (including phenoxy) is 1. The summed E-state index contributed by atoms with van der Waals surface area (Å²) < 4.78 is 30.3. The molecule has 0 saturated carbocycles. The number of likely N-dealkylation sites (N-methyl/N-ethyl adjacent to an activating group) is 1.